The molecular formula is C17H25ClN2O2. The molecule has 2 saturated heterocycles. The molecule has 122 valence electrons. The Hall–Kier alpha value is -1.26. The van der Waals surface area contributed by atoms with E-state index in [-0.39, 0.29) is 24.9 Å². The molecule has 2 aliphatic heterocycles. The van der Waals surface area contributed by atoms with Gasteiger partial charge in [0.25, 0.3) is 5.91 Å². The van der Waals surface area contributed by atoms with Crippen LogP contribution in [-0.2, 0) is 4.79 Å². The molecule has 2 aliphatic rings. The maximum absolute atomic E-state index is 12.1. The first-order valence-electron chi connectivity index (χ1n) is 7.85. The molecule has 22 heavy (non-hydrogen) atoms. The van der Waals surface area contributed by atoms with E-state index in [4.69, 9.17) is 4.74 Å². The van der Waals surface area contributed by atoms with Gasteiger partial charge in [-0.3, -0.25) is 4.79 Å². The quantitative estimate of drug-likeness (QED) is 0.894. The lowest BCUT2D eigenvalue weighted by atomic mass is 10.00. The lowest BCUT2D eigenvalue weighted by molar-refractivity contribution is -0.124. The second-order valence-corrected chi connectivity index (χ2v) is 6.43. The first-order valence-corrected chi connectivity index (χ1v) is 7.85. The highest BCUT2D eigenvalue weighted by atomic mass is 35.5. The average Bonchev–Trinajstić information content (AvgIpc) is 2.79. The molecule has 0 aromatic heterocycles. The predicted octanol–water partition coefficient (Wildman–Crippen LogP) is 2.50. The number of nitrogens with one attached hydrogen (secondary N) is 2. The van der Waals surface area contributed by atoms with Crippen LogP contribution < -0.4 is 15.4 Å². The molecule has 1 aromatic rings. The summed E-state index contributed by atoms with van der Waals surface area (Å²) in [6.07, 6.45) is 4.59. The van der Waals surface area contributed by atoms with Gasteiger partial charge >= 0.3 is 0 Å². The van der Waals surface area contributed by atoms with Crippen molar-refractivity contribution in [3.63, 3.8) is 0 Å². The van der Waals surface area contributed by atoms with Gasteiger partial charge in [-0.15, -0.1) is 12.4 Å². The third kappa shape index (κ3) is 4.14. The summed E-state index contributed by atoms with van der Waals surface area (Å²) < 4.78 is 5.66. The Kier molecular flexibility index (Phi) is 5.70. The van der Waals surface area contributed by atoms with Gasteiger partial charge in [0.2, 0.25) is 0 Å². The summed E-state index contributed by atoms with van der Waals surface area (Å²) in [5.41, 5.74) is 2.21. The number of carbonyl (C=O) groups excluding carboxylic acids is 1. The molecule has 2 atom stereocenters. The summed E-state index contributed by atoms with van der Waals surface area (Å²) in [6, 6.07) is 7.54. The van der Waals surface area contributed by atoms with Crippen LogP contribution in [0.5, 0.6) is 5.75 Å². The SMILES string of the molecule is Cc1ccc(C)c(OCC(=O)NC2CC3CCC(C2)N3)c1.Cl. The summed E-state index contributed by atoms with van der Waals surface area (Å²) in [5.74, 6) is 0.790. The van der Waals surface area contributed by atoms with Crippen LogP contribution in [-0.4, -0.2) is 30.6 Å². The van der Waals surface area contributed by atoms with E-state index < -0.39 is 0 Å². The minimum Gasteiger partial charge on any atom is -0.483 e. The third-order valence-corrected chi connectivity index (χ3v) is 4.54. The minimum absolute atomic E-state index is 0. The van der Waals surface area contributed by atoms with Crippen molar-refractivity contribution in [3.05, 3.63) is 29.3 Å². The molecule has 3 rings (SSSR count). The van der Waals surface area contributed by atoms with E-state index in [0.29, 0.717) is 18.1 Å². The van der Waals surface area contributed by atoms with Crippen LogP contribution in [0, 0.1) is 13.8 Å². The number of carbonyl (C=O) groups is 1. The number of hydrogen-bond donors (Lipinski definition) is 2. The second-order valence-electron chi connectivity index (χ2n) is 6.43. The zero-order chi connectivity index (χ0) is 14.8. The highest BCUT2D eigenvalue weighted by Gasteiger charge is 2.33. The van der Waals surface area contributed by atoms with E-state index in [0.717, 1.165) is 29.7 Å². The van der Waals surface area contributed by atoms with Crippen molar-refractivity contribution >= 4 is 18.3 Å². The lowest BCUT2D eigenvalue weighted by Crippen LogP contribution is -2.48. The van der Waals surface area contributed by atoms with Crippen molar-refractivity contribution in [2.75, 3.05) is 6.61 Å². The highest BCUT2D eigenvalue weighted by Crippen LogP contribution is 2.26. The summed E-state index contributed by atoms with van der Waals surface area (Å²) in [7, 11) is 0. The Balaban J connectivity index is 0.00000176. The summed E-state index contributed by atoms with van der Waals surface area (Å²) >= 11 is 0. The Labute approximate surface area is 138 Å². The maximum Gasteiger partial charge on any atom is 0.258 e. The molecule has 2 N–H and O–H groups in total. The number of amides is 1. The van der Waals surface area contributed by atoms with Gasteiger partial charge < -0.3 is 15.4 Å². The first kappa shape index (κ1) is 17.1. The van der Waals surface area contributed by atoms with Gasteiger partial charge in [0.1, 0.15) is 5.75 Å². The summed E-state index contributed by atoms with van der Waals surface area (Å²) in [6.45, 7) is 4.12. The standard InChI is InChI=1S/C17H24N2O2.ClH/c1-11-3-4-12(2)16(7-11)21-10-17(20)19-15-8-13-5-6-14(9-15)18-13;/h3-4,7,13-15,18H,5-6,8-10H2,1-2H3,(H,19,20);1H. The van der Waals surface area contributed by atoms with E-state index >= 15 is 0 Å². The van der Waals surface area contributed by atoms with E-state index in [1.54, 1.807) is 0 Å². The first-order chi connectivity index (χ1) is 10.1. The fourth-order valence-electron chi connectivity index (χ4n) is 3.45. The van der Waals surface area contributed by atoms with Gasteiger partial charge in [0.05, 0.1) is 0 Å². The van der Waals surface area contributed by atoms with Crippen LogP contribution in [0.4, 0.5) is 0 Å². The van der Waals surface area contributed by atoms with E-state index in [1.807, 2.05) is 32.0 Å². The fourth-order valence-corrected chi connectivity index (χ4v) is 3.45. The molecule has 1 amide bonds. The van der Waals surface area contributed by atoms with Crippen molar-refractivity contribution < 1.29 is 9.53 Å². The highest BCUT2D eigenvalue weighted by molar-refractivity contribution is 5.85. The van der Waals surface area contributed by atoms with Crippen LogP contribution in [0.3, 0.4) is 0 Å². The molecule has 2 unspecified atom stereocenters. The Morgan fingerprint density at radius 1 is 1.27 bits per heavy atom. The normalized spacial score (nSPS) is 26.2. The molecule has 0 aliphatic carbocycles. The lowest BCUT2D eigenvalue weighted by Gasteiger charge is -2.29. The topological polar surface area (TPSA) is 50.4 Å². The molecular weight excluding hydrogens is 300 g/mol. The number of hydrogen-bond acceptors (Lipinski definition) is 3. The largest absolute Gasteiger partial charge is 0.483 e. The van der Waals surface area contributed by atoms with Crippen LogP contribution in [0.25, 0.3) is 0 Å². The third-order valence-electron chi connectivity index (χ3n) is 4.54. The average molecular weight is 325 g/mol. The fraction of sp³-hybridized carbons (Fsp3) is 0.588. The number of aryl methyl sites for hydroxylation is 2. The monoisotopic (exact) mass is 324 g/mol. The number of ether oxygens (including phenoxy) is 1. The molecule has 2 heterocycles. The van der Waals surface area contributed by atoms with Crippen molar-refractivity contribution in [3.8, 4) is 5.75 Å². The predicted molar refractivity (Wildman–Crippen MR) is 89.8 cm³/mol. The number of fused-ring (bicyclic) bond motifs is 2. The number of halogens is 1. The van der Waals surface area contributed by atoms with Crippen molar-refractivity contribution in [2.45, 2.75) is 57.7 Å². The maximum atomic E-state index is 12.1. The van der Waals surface area contributed by atoms with E-state index in [1.165, 1.54) is 12.8 Å². The summed E-state index contributed by atoms with van der Waals surface area (Å²) in [5, 5.41) is 6.70. The molecule has 5 heteroatoms. The summed E-state index contributed by atoms with van der Waals surface area (Å²) in [4.78, 5) is 12.1. The Bertz CT molecular complexity index is 523. The Morgan fingerprint density at radius 3 is 2.64 bits per heavy atom. The van der Waals surface area contributed by atoms with Crippen LogP contribution >= 0.6 is 12.4 Å². The molecule has 1 aromatic carbocycles. The van der Waals surface area contributed by atoms with Crippen LogP contribution in [0.15, 0.2) is 18.2 Å². The van der Waals surface area contributed by atoms with E-state index in [9.17, 15) is 4.79 Å². The van der Waals surface area contributed by atoms with Gasteiger partial charge in [-0.05, 0) is 56.7 Å². The van der Waals surface area contributed by atoms with Gasteiger partial charge in [-0.25, -0.2) is 0 Å². The number of piperidine rings is 1. The van der Waals surface area contributed by atoms with E-state index in [2.05, 4.69) is 10.6 Å². The molecule has 0 spiro atoms. The molecule has 2 fully saturated rings. The van der Waals surface area contributed by atoms with Gasteiger partial charge in [-0.1, -0.05) is 12.1 Å². The number of rotatable bonds is 4. The zero-order valence-corrected chi connectivity index (χ0v) is 14.0. The molecule has 4 nitrogen and oxygen atoms in total. The van der Waals surface area contributed by atoms with Crippen molar-refractivity contribution in [1.29, 1.82) is 0 Å². The molecule has 2 bridgehead atoms. The Morgan fingerprint density at radius 2 is 1.95 bits per heavy atom. The van der Waals surface area contributed by atoms with Crippen molar-refractivity contribution in [1.82, 2.24) is 10.6 Å². The van der Waals surface area contributed by atoms with Crippen LogP contribution in [0.2, 0.25) is 0 Å². The van der Waals surface area contributed by atoms with Gasteiger partial charge in [-0.2, -0.15) is 0 Å². The molecule has 0 radical (unpaired) electrons. The van der Waals surface area contributed by atoms with Gasteiger partial charge in [0, 0.05) is 18.1 Å². The smallest absolute Gasteiger partial charge is 0.258 e. The second kappa shape index (κ2) is 7.34. The number of benzene rings is 1. The zero-order valence-electron chi connectivity index (χ0n) is 13.2. The minimum atomic E-state index is -0.0118. The van der Waals surface area contributed by atoms with Gasteiger partial charge in [0.15, 0.2) is 6.61 Å². The van der Waals surface area contributed by atoms with Crippen molar-refractivity contribution in [2.24, 2.45) is 0 Å². The molecule has 0 saturated carbocycles. The van der Waals surface area contributed by atoms with Crippen LogP contribution in [0.1, 0.15) is 36.8 Å².